The van der Waals surface area contributed by atoms with Gasteiger partial charge in [-0.25, -0.2) is 9.78 Å². The number of fused-ring (bicyclic) bond motifs is 1. The van der Waals surface area contributed by atoms with Crippen molar-refractivity contribution >= 4 is 34.3 Å². The molecule has 7 heteroatoms. The van der Waals surface area contributed by atoms with Gasteiger partial charge in [0.15, 0.2) is 6.10 Å². The molecule has 5 rings (SSSR count). The predicted octanol–water partition coefficient (Wildman–Crippen LogP) is 5.54. The van der Waals surface area contributed by atoms with E-state index in [1.807, 2.05) is 72.8 Å². The van der Waals surface area contributed by atoms with Crippen LogP contribution in [0.5, 0.6) is 0 Å². The summed E-state index contributed by atoms with van der Waals surface area (Å²) in [5.74, 6) is -0.285. The van der Waals surface area contributed by atoms with Crippen LogP contribution in [0.2, 0.25) is 0 Å². The lowest BCUT2D eigenvalue weighted by molar-refractivity contribution is -0.125. The summed E-state index contributed by atoms with van der Waals surface area (Å²) in [5.41, 5.74) is 3.94. The largest absolute Gasteiger partial charge is 0.449 e. The number of esters is 1. The van der Waals surface area contributed by atoms with Gasteiger partial charge in [-0.15, -0.1) is 0 Å². The number of carbonyl (C=O) groups is 2. The Morgan fingerprint density at radius 3 is 2.20 bits per heavy atom. The van der Waals surface area contributed by atoms with Gasteiger partial charge in [0.05, 0.1) is 16.6 Å². The second kappa shape index (κ2) is 9.61. The summed E-state index contributed by atoms with van der Waals surface area (Å²) in [4.78, 5) is 39.8. The van der Waals surface area contributed by atoms with E-state index in [9.17, 15) is 9.59 Å². The summed E-state index contributed by atoms with van der Waals surface area (Å²) in [6.45, 7) is 1.58. The fourth-order valence-corrected chi connectivity index (χ4v) is 3.79. The Hall–Kier alpha value is -4.78. The topological polar surface area (TPSA) is 88.2 Å². The van der Waals surface area contributed by atoms with Crippen LogP contribution in [-0.4, -0.2) is 32.9 Å². The molecule has 1 atom stereocenters. The molecule has 0 aliphatic heterocycles. The first kappa shape index (κ1) is 22.0. The smallest absolute Gasteiger partial charge is 0.338 e. The van der Waals surface area contributed by atoms with Crippen LogP contribution in [0.4, 0.5) is 11.4 Å². The van der Waals surface area contributed by atoms with Gasteiger partial charge in [-0.2, -0.15) is 0 Å². The maximum Gasteiger partial charge on any atom is 0.338 e. The van der Waals surface area contributed by atoms with Gasteiger partial charge < -0.3 is 9.72 Å². The number of amides is 1. The molecule has 3 aromatic carbocycles. The number of hydrogen-bond acceptors (Lipinski definition) is 5. The van der Waals surface area contributed by atoms with Crippen LogP contribution in [-0.2, 0) is 9.53 Å². The summed E-state index contributed by atoms with van der Waals surface area (Å²) in [5, 5.41) is 0. The molecule has 0 fully saturated rings. The number of hydrogen-bond donors (Lipinski definition) is 1. The molecule has 0 aliphatic carbocycles. The summed E-state index contributed by atoms with van der Waals surface area (Å²) in [6, 6.07) is 27.3. The van der Waals surface area contributed by atoms with Crippen molar-refractivity contribution < 1.29 is 14.3 Å². The van der Waals surface area contributed by atoms with Crippen molar-refractivity contribution in [2.24, 2.45) is 0 Å². The first-order valence-electron chi connectivity index (χ1n) is 11.2. The van der Waals surface area contributed by atoms with Gasteiger partial charge >= 0.3 is 5.97 Å². The van der Waals surface area contributed by atoms with Gasteiger partial charge in [0.1, 0.15) is 5.82 Å². The monoisotopic (exact) mass is 462 g/mol. The summed E-state index contributed by atoms with van der Waals surface area (Å²) in [6.07, 6.45) is 2.40. The van der Waals surface area contributed by atoms with Crippen LogP contribution >= 0.6 is 0 Å². The molecule has 35 heavy (non-hydrogen) atoms. The molecular weight excluding hydrogens is 440 g/mol. The number of anilines is 2. The molecule has 1 amide bonds. The number of rotatable bonds is 6. The number of para-hydroxylation sites is 2. The zero-order chi connectivity index (χ0) is 24.2. The van der Waals surface area contributed by atoms with Crippen molar-refractivity contribution in [2.75, 3.05) is 4.90 Å². The highest BCUT2D eigenvalue weighted by molar-refractivity contribution is 6.04. The van der Waals surface area contributed by atoms with Gasteiger partial charge in [-0.1, -0.05) is 36.4 Å². The Bertz CT molecular complexity index is 1430. The van der Waals surface area contributed by atoms with Crippen LogP contribution in [0.1, 0.15) is 17.3 Å². The lowest BCUT2D eigenvalue weighted by Gasteiger charge is -2.26. The number of benzene rings is 3. The van der Waals surface area contributed by atoms with E-state index in [0.717, 1.165) is 5.56 Å². The Morgan fingerprint density at radius 1 is 0.886 bits per heavy atom. The van der Waals surface area contributed by atoms with Crippen LogP contribution in [0, 0.1) is 0 Å². The minimum atomic E-state index is -1.01. The first-order chi connectivity index (χ1) is 17.1. The summed E-state index contributed by atoms with van der Waals surface area (Å²) in [7, 11) is 0. The Morgan fingerprint density at radius 2 is 1.57 bits per heavy atom. The molecular formula is C28H22N4O3. The number of nitrogens with zero attached hydrogens (tertiary/aromatic N) is 3. The second-order valence-corrected chi connectivity index (χ2v) is 7.95. The van der Waals surface area contributed by atoms with Gasteiger partial charge in [0.25, 0.3) is 5.91 Å². The van der Waals surface area contributed by atoms with Crippen molar-refractivity contribution in [3.05, 3.63) is 109 Å². The first-order valence-corrected chi connectivity index (χ1v) is 11.2. The van der Waals surface area contributed by atoms with E-state index < -0.39 is 12.1 Å². The fraction of sp³-hybridized carbons (Fsp3) is 0.0714. The lowest BCUT2D eigenvalue weighted by Crippen LogP contribution is -2.37. The molecule has 5 aromatic rings. The maximum atomic E-state index is 13.4. The number of carbonyl (C=O) groups excluding carboxylic acids is 2. The fourth-order valence-electron chi connectivity index (χ4n) is 3.79. The van der Waals surface area contributed by atoms with Crippen LogP contribution in [0.3, 0.4) is 0 Å². The Labute approximate surface area is 202 Å². The highest BCUT2D eigenvalue weighted by Crippen LogP contribution is 2.27. The number of nitrogens with one attached hydrogen (secondary N) is 1. The quantitative estimate of drug-likeness (QED) is 0.335. The molecule has 0 saturated heterocycles. The van der Waals surface area contributed by atoms with Crippen molar-refractivity contribution in [3.8, 4) is 11.4 Å². The number of ether oxygens (including phenoxy) is 1. The van der Waals surface area contributed by atoms with Gasteiger partial charge in [0.2, 0.25) is 0 Å². The number of aromatic nitrogens is 3. The van der Waals surface area contributed by atoms with Crippen molar-refractivity contribution in [1.29, 1.82) is 0 Å². The molecule has 0 saturated carbocycles. The van der Waals surface area contributed by atoms with Crippen molar-refractivity contribution in [2.45, 2.75) is 13.0 Å². The molecule has 1 N–H and O–H groups in total. The Kier molecular flexibility index (Phi) is 6.05. The van der Waals surface area contributed by atoms with E-state index in [1.165, 1.54) is 0 Å². The third-order valence-corrected chi connectivity index (χ3v) is 5.53. The average molecular weight is 463 g/mol. The normalized spacial score (nSPS) is 11.7. The van der Waals surface area contributed by atoms with E-state index in [4.69, 9.17) is 4.74 Å². The SMILES string of the molecule is CC(OC(=O)c1ccc2nc(-c3cccnc3)[nH]c2c1)C(=O)N(c1ccccc1)c1ccccc1. The van der Waals surface area contributed by atoms with E-state index in [2.05, 4.69) is 15.0 Å². The van der Waals surface area contributed by atoms with Crippen LogP contribution in [0.25, 0.3) is 22.4 Å². The maximum absolute atomic E-state index is 13.4. The zero-order valence-electron chi connectivity index (χ0n) is 19.0. The molecule has 0 bridgehead atoms. The standard InChI is InChI=1S/C28H22N4O3/c1-19(27(33)32(22-10-4-2-5-11-22)23-12-6-3-7-13-23)35-28(34)20-14-15-24-25(17-20)31-26(30-24)21-9-8-16-29-18-21/h2-19H,1H3,(H,30,31). The highest BCUT2D eigenvalue weighted by Gasteiger charge is 2.27. The number of pyridine rings is 1. The lowest BCUT2D eigenvalue weighted by atomic mass is 10.2. The third-order valence-electron chi connectivity index (χ3n) is 5.53. The van der Waals surface area contributed by atoms with E-state index in [-0.39, 0.29) is 5.91 Å². The van der Waals surface area contributed by atoms with E-state index in [1.54, 1.807) is 42.4 Å². The minimum absolute atomic E-state index is 0.324. The van der Waals surface area contributed by atoms with E-state index in [0.29, 0.717) is 33.8 Å². The molecule has 0 aliphatic rings. The minimum Gasteiger partial charge on any atom is -0.449 e. The zero-order valence-corrected chi connectivity index (χ0v) is 19.0. The molecule has 2 heterocycles. The Balaban J connectivity index is 1.37. The molecule has 172 valence electrons. The third kappa shape index (κ3) is 4.65. The van der Waals surface area contributed by atoms with Gasteiger partial charge in [0, 0.05) is 29.3 Å². The van der Waals surface area contributed by atoms with Gasteiger partial charge in [-0.05, 0) is 61.5 Å². The summed E-state index contributed by atoms with van der Waals surface area (Å²) >= 11 is 0. The molecule has 2 aromatic heterocycles. The second-order valence-electron chi connectivity index (χ2n) is 7.95. The van der Waals surface area contributed by atoms with Crippen LogP contribution in [0.15, 0.2) is 103 Å². The van der Waals surface area contributed by atoms with Gasteiger partial charge in [-0.3, -0.25) is 14.7 Å². The molecule has 1 unspecified atom stereocenters. The number of H-pyrrole nitrogens is 1. The molecule has 0 spiro atoms. The number of aromatic amines is 1. The van der Waals surface area contributed by atoms with Crippen LogP contribution < -0.4 is 4.90 Å². The average Bonchev–Trinajstić information content (AvgIpc) is 3.34. The highest BCUT2D eigenvalue weighted by atomic mass is 16.5. The van der Waals surface area contributed by atoms with Crippen molar-refractivity contribution in [3.63, 3.8) is 0 Å². The predicted molar refractivity (Wildman–Crippen MR) is 134 cm³/mol. The molecule has 0 radical (unpaired) electrons. The molecule has 7 nitrogen and oxygen atoms in total. The summed E-state index contributed by atoms with van der Waals surface area (Å²) < 4.78 is 5.59. The van der Waals surface area contributed by atoms with E-state index >= 15 is 0 Å². The number of imidazole rings is 1. The van der Waals surface area contributed by atoms with Crippen molar-refractivity contribution in [1.82, 2.24) is 15.0 Å².